The van der Waals surface area contributed by atoms with Crippen LogP contribution in [0.4, 0.5) is 4.39 Å². The number of piperidine rings is 1. The molecule has 1 aliphatic rings. The molecule has 1 fully saturated rings. The van der Waals surface area contributed by atoms with Gasteiger partial charge in [0.2, 0.25) is 5.91 Å². The lowest BCUT2D eigenvalue weighted by atomic mass is 9.96. The molecule has 0 aliphatic carbocycles. The van der Waals surface area contributed by atoms with Crippen molar-refractivity contribution in [2.45, 2.75) is 19.4 Å². The zero-order valence-corrected chi connectivity index (χ0v) is 12.7. The van der Waals surface area contributed by atoms with Crippen LogP contribution in [0.1, 0.15) is 18.4 Å². The normalized spacial score (nSPS) is 19.5. The molecule has 0 aromatic heterocycles. The Kier molecular flexibility index (Phi) is 5.96. The Balaban J connectivity index is 1.94. The molecule has 4 nitrogen and oxygen atoms in total. The first-order valence-corrected chi connectivity index (χ1v) is 7.62. The van der Waals surface area contributed by atoms with Crippen LogP contribution in [0.5, 0.6) is 0 Å². The number of hydrogen-bond donors (Lipinski definition) is 2. The van der Waals surface area contributed by atoms with E-state index in [0.29, 0.717) is 36.8 Å². The maximum absolute atomic E-state index is 13.8. The van der Waals surface area contributed by atoms with Crippen LogP contribution >= 0.6 is 11.6 Å². The zero-order chi connectivity index (χ0) is 15.2. The molecule has 2 rings (SSSR count). The molecule has 116 valence electrons. The fourth-order valence-corrected chi connectivity index (χ4v) is 2.85. The van der Waals surface area contributed by atoms with Crippen LogP contribution in [0, 0.1) is 11.7 Å². The first kappa shape index (κ1) is 16.2. The average Bonchev–Trinajstić information content (AvgIpc) is 2.49. The summed E-state index contributed by atoms with van der Waals surface area (Å²) in [6, 6.07) is 4.57. The highest BCUT2D eigenvalue weighted by Gasteiger charge is 2.25. The van der Waals surface area contributed by atoms with Gasteiger partial charge in [-0.1, -0.05) is 11.6 Å². The van der Waals surface area contributed by atoms with Crippen LogP contribution in [-0.4, -0.2) is 37.0 Å². The minimum absolute atomic E-state index is 0.0386. The summed E-state index contributed by atoms with van der Waals surface area (Å²) in [5.41, 5.74) is 5.96. The van der Waals surface area contributed by atoms with E-state index in [1.807, 2.05) is 0 Å². The number of rotatable bonds is 5. The van der Waals surface area contributed by atoms with Gasteiger partial charge in [-0.3, -0.25) is 9.69 Å². The van der Waals surface area contributed by atoms with Crippen molar-refractivity contribution < 1.29 is 9.18 Å². The minimum Gasteiger partial charge on any atom is -0.355 e. The molecule has 0 radical (unpaired) electrons. The molecule has 3 N–H and O–H groups in total. The maximum Gasteiger partial charge on any atom is 0.224 e. The number of nitrogens with one attached hydrogen (secondary N) is 1. The van der Waals surface area contributed by atoms with Crippen molar-refractivity contribution in [3.05, 3.63) is 34.6 Å². The molecule has 6 heteroatoms. The molecule has 1 heterocycles. The van der Waals surface area contributed by atoms with E-state index in [4.69, 9.17) is 17.3 Å². The van der Waals surface area contributed by atoms with Crippen LogP contribution in [0.2, 0.25) is 5.02 Å². The van der Waals surface area contributed by atoms with E-state index in [9.17, 15) is 9.18 Å². The Bertz CT molecular complexity index is 498. The largest absolute Gasteiger partial charge is 0.355 e. The highest BCUT2D eigenvalue weighted by molar-refractivity contribution is 6.30. The topological polar surface area (TPSA) is 58.4 Å². The molecule has 0 bridgehead atoms. The summed E-state index contributed by atoms with van der Waals surface area (Å²) in [6.07, 6.45) is 1.80. The van der Waals surface area contributed by atoms with Gasteiger partial charge in [0.15, 0.2) is 0 Å². The molecule has 1 aromatic carbocycles. The van der Waals surface area contributed by atoms with Gasteiger partial charge in [-0.15, -0.1) is 0 Å². The zero-order valence-electron chi connectivity index (χ0n) is 11.9. The van der Waals surface area contributed by atoms with E-state index in [1.165, 1.54) is 6.07 Å². The van der Waals surface area contributed by atoms with Gasteiger partial charge in [0.25, 0.3) is 0 Å². The first-order chi connectivity index (χ1) is 10.1. The van der Waals surface area contributed by atoms with Crippen LogP contribution in [0.15, 0.2) is 18.2 Å². The van der Waals surface area contributed by atoms with Gasteiger partial charge in [-0.05, 0) is 37.6 Å². The highest BCUT2D eigenvalue weighted by Crippen LogP contribution is 2.21. The Morgan fingerprint density at radius 3 is 3.10 bits per heavy atom. The summed E-state index contributed by atoms with van der Waals surface area (Å²) in [4.78, 5) is 14.1. The Morgan fingerprint density at radius 2 is 2.33 bits per heavy atom. The molecule has 1 unspecified atom stereocenters. The summed E-state index contributed by atoms with van der Waals surface area (Å²) >= 11 is 5.91. The molecular weight excluding hydrogens is 293 g/mol. The Morgan fingerprint density at radius 1 is 1.52 bits per heavy atom. The van der Waals surface area contributed by atoms with Gasteiger partial charge in [-0.25, -0.2) is 4.39 Å². The van der Waals surface area contributed by atoms with Crippen molar-refractivity contribution in [2.75, 3.05) is 26.2 Å². The molecule has 0 saturated carbocycles. The first-order valence-electron chi connectivity index (χ1n) is 7.24. The van der Waals surface area contributed by atoms with Gasteiger partial charge in [0.1, 0.15) is 5.82 Å². The molecule has 1 saturated heterocycles. The SMILES string of the molecule is NCCNC(=O)C1CCCN(Cc2cc(Cl)ccc2F)C1. The lowest BCUT2D eigenvalue weighted by molar-refractivity contribution is -0.126. The van der Waals surface area contributed by atoms with Crippen LogP contribution in [0.25, 0.3) is 0 Å². The number of benzene rings is 1. The number of hydrogen-bond acceptors (Lipinski definition) is 3. The highest BCUT2D eigenvalue weighted by atomic mass is 35.5. The van der Waals surface area contributed by atoms with Crippen molar-refractivity contribution in [2.24, 2.45) is 11.7 Å². The van der Waals surface area contributed by atoms with Crippen molar-refractivity contribution in [3.8, 4) is 0 Å². The molecule has 1 aromatic rings. The smallest absolute Gasteiger partial charge is 0.224 e. The number of nitrogens with zero attached hydrogens (tertiary/aromatic N) is 1. The quantitative estimate of drug-likeness (QED) is 0.871. The summed E-state index contributed by atoms with van der Waals surface area (Å²) in [7, 11) is 0. The number of halogens is 2. The second kappa shape index (κ2) is 7.73. The van der Waals surface area contributed by atoms with Gasteiger partial charge in [-0.2, -0.15) is 0 Å². The number of carbonyl (C=O) groups excluding carboxylic acids is 1. The van der Waals surface area contributed by atoms with Crippen LogP contribution in [0.3, 0.4) is 0 Å². The van der Waals surface area contributed by atoms with E-state index in [2.05, 4.69) is 10.2 Å². The van der Waals surface area contributed by atoms with E-state index in [-0.39, 0.29) is 17.6 Å². The summed E-state index contributed by atoms with van der Waals surface area (Å²) in [6.45, 7) is 2.93. The van der Waals surface area contributed by atoms with E-state index in [1.54, 1.807) is 12.1 Å². The monoisotopic (exact) mass is 313 g/mol. The number of likely N-dealkylation sites (tertiary alicyclic amines) is 1. The molecule has 21 heavy (non-hydrogen) atoms. The average molecular weight is 314 g/mol. The number of amides is 1. The Hall–Kier alpha value is -1.17. The Labute approximate surface area is 129 Å². The molecule has 1 amide bonds. The third-order valence-electron chi connectivity index (χ3n) is 3.72. The van der Waals surface area contributed by atoms with E-state index >= 15 is 0 Å². The summed E-state index contributed by atoms with van der Waals surface area (Å²) < 4.78 is 13.8. The van der Waals surface area contributed by atoms with Gasteiger partial charge < -0.3 is 11.1 Å². The second-order valence-electron chi connectivity index (χ2n) is 5.39. The fraction of sp³-hybridized carbons (Fsp3) is 0.533. The second-order valence-corrected chi connectivity index (χ2v) is 5.83. The third kappa shape index (κ3) is 4.66. The standard InChI is InChI=1S/C15H21ClFN3O/c16-13-3-4-14(17)12(8-13)10-20-7-1-2-11(9-20)15(21)19-6-5-18/h3-4,8,11H,1-2,5-7,9-10,18H2,(H,19,21). The lowest BCUT2D eigenvalue weighted by Crippen LogP contribution is -2.43. The third-order valence-corrected chi connectivity index (χ3v) is 3.96. The predicted molar refractivity (Wildman–Crippen MR) is 81.5 cm³/mol. The number of nitrogens with two attached hydrogens (primary N) is 1. The fourth-order valence-electron chi connectivity index (χ4n) is 2.66. The lowest BCUT2D eigenvalue weighted by Gasteiger charge is -2.32. The van der Waals surface area contributed by atoms with Crippen molar-refractivity contribution in [3.63, 3.8) is 0 Å². The van der Waals surface area contributed by atoms with Crippen LogP contribution < -0.4 is 11.1 Å². The maximum atomic E-state index is 13.8. The van der Waals surface area contributed by atoms with Crippen molar-refractivity contribution in [1.82, 2.24) is 10.2 Å². The van der Waals surface area contributed by atoms with Gasteiger partial charge in [0, 0.05) is 36.8 Å². The van der Waals surface area contributed by atoms with Crippen LogP contribution in [-0.2, 0) is 11.3 Å². The summed E-state index contributed by atoms with van der Waals surface area (Å²) in [5, 5.41) is 3.35. The minimum atomic E-state index is -0.255. The predicted octanol–water partition coefficient (Wildman–Crippen LogP) is 1.77. The molecular formula is C15H21ClFN3O. The molecule has 1 aliphatic heterocycles. The van der Waals surface area contributed by atoms with Gasteiger partial charge >= 0.3 is 0 Å². The van der Waals surface area contributed by atoms with Crippen molar-refractivity contribution in [1.29, 1.82) is 0 Å². The number of carbonyl (C=O) groups is 1. The van der Waals surface area contributed by atoms with Gasteiger partial charge in [0.05, 0.1) is 5.92 Å². The van der Waals surface area contributed by atoms with E-state index < -0.39 is 0 Å². The molecule has 0 spiro atoms. The van der Waals surface area contributed by atoms with E-state index in [0.717, 1.165) is 19.4 Å². The van der Waals surface area contributed by atoms with Crippen molar-refractivity contribution >= 4 is 17.5 Å². The molecule has 1 atom stereocenters. The summed E-state index contributed by atoms with van der Waals surface area (Å²) in [5.74, 6) is -0.265.